The number of ketones is 1. The summed E-state index contributed by atoms with van der Waals surface area (Å²) < 4.78 is 39.2. The molecule has 0 radical (unpaired) electrons. The van der Waals surface area contributed by atoms with Crippen molar-refractivity contribution in [2.45, 2.75) is 18.9 Å². The minimum atomic E-state index is -0.857. The molecule has 0 aliphatic heterocycles. The van der Waals surface area contributed by atoms with Crippen molar-refractivity contribution in [1.82, 2.24) is 5.43 Å². The Bertz CT molecular complexity index is 1710. The van der Waals surface area contributed by atoms with Crippen molar-refractivity contribution in [1.29, 1.82) is 0 Å². The molecule has 0 aliphatic rings. The Labute approximate surface area is 255 Å². The number of aliphatic imine (C=N–C) groups is 1. The van der Waals surface area contributed by atoms with Gasteiger partial charge in [0.2, 0.25) is 11.5 Å². The third-order valence-corrected chi connectivity index (χ3v) is 6.63. The van der Waals surface area contributed by atoms with Gasteiger partial charge < -0.3 is 44.0 Å². The van der Waals surface area contributed by atoms with Crippen LogP contribution in [-0.2, 0) is 4.79 Å². The lowest BCUT2D eigenvalue weighted by Gasteiger charge is -2.14. The zero-order valence-electron chi connectivity index (χ0n) is 24.9. The normalized spacial score (nSPS) is 12.0. The summed E-state index contributed by atoms with van der Waals surface area (Å²) in [6, 6.07) is 8.57. The maximum absolute atomic E-state index is 14.2. The zero-order valence-corrected chi connectivity index (χ0v) is 24.9. The van der Waals surface area contributed by atoms with Gasteiger partial charge in [0.25, 0.3) is 5.96 Å². The maximum atomic E-state index is 14.2. The van der Waals surface area contributed by atoms with Gasteiger partial charge in [0.05, 0.1) is 40.3 Å². The van der Waals surface area contributed by atoms with Crippen LogP contribution in [0.4, 0.5) is 0 Å². The Morgan fingerprint density at radius 2 is 1.73 bits per heavy atom. The summed E-state index contributed by atoms with van der Waals surface area (Å²) in [4.78, 5) is 41.5. The first-order valence-electron chi connectivity index (χ1n) is 13.4. The summed E-state index contributed by atoms with van der Waals surface area (Å²) in [7, 11) is 5.71. The molecule has 0 fully saturated rings. The molecule has 1 atom stereocenters. The predicted molar refractivity (Wildman–Crippen MR) is 158 cm³/mol. The van der Waals surface area contributed by atoms with Gasteiger partial charge in [-0.2, -0.15) is 0 Å². The first-order chi connectivity index (χ1) is 21.6. The minimum Gasteiger partial charge on any atom is -0.493 e. The number of rotatable bonds is 14. The van der Waals surface area contributed by atoms with E-state index in [9.17, 15) is 19.7 Å². The molecule has 0 amide bonds. The van der Waals surface area contributed by atoms with Gasteiger partial charge in [-0.05, 0) is 42.8 Å². The molecule has 45 heavy (non-hydrogen) atoms. The number of carbonyl (C=O) groups excluding carboxylic acids is 2. The summed E-state index contributed by atoms with van der Waals surface area (Å²) in [5, 5.41) is 9.92. The molecule has 16 heteroatoms. The van der Waals surface area contributed by atoms with E-state index in [0.29, 0.717) is 17.6 Å². The van der Waals surface area contributed by atoms with Crippen molar-refractivity contribution in [3.63, 3.8) is 0 Å². The van der Waals surface area contributed by atoms with Crippen LogP contribution >= 0.6 is 0 Å². The number of hydrogen-bond acceptors (Lipinski definition) is 12. The number of hydrogen-bond donors (Lipinski definition) is 3. The molecule has 0 spiro atoms. The van der Waals surface area contributed by atoms with Crippen molar-refractivity contribution in [2.24, 2.45) is 10.7 Å². The van der Waals surface area contributed by atoms with E-state index in [1.807, 2.05) is 0 Å². The SMILES string of the molecule is COc1cc(C(=O)c2c(-c3ccco3)oc3c(OC(=O)C([NH3+])CCCN=C(N)N[N+](=O)[O-])c(OC)ccc23)cc(OC)c1OC. The second kappa shape index (κ2) is 14.1. The third kappa shape index (κ3) is 6.91. The molecule has 6 N–H and O–H groups in total. The van der Waals surface area contributed by atoms with Gasteiger partial charge in [-0.3, -0.25) is 4.79 Å². The van der Waals surface area contributed by atoms with Crippen LogP contribution in [0, 0.1) is 10.1 Å². The lowest BCUT2D eigenvalue weighted by molar-refractivity contribution is -0.525. The van der Waals surface area contributed by atoms with E-state index in [1.165, 1.54) is 52.9 Å². The Morgan fingerprint density at radius 1 is 1.04 bits per heavy atom. The molecule has 16 nitrogen and oxygen atoms in total. The molecular weight excluding hydrogens is 594 g/mol. The molecular formula is C29H32N5O11+. The minimum absolute atomic E-state index is 0.0559. The summed E-state index contributed by atoms with van der Waals surface area (Å²) in [6.45, 7) is 0.113. The molecule has 0 bridgehead atoms. The van der Waals surface area contributed by atoms with Crippen molar-refractivity contribution in [2.75, 3.05) is 35.0 Å². The summed E-state index contributed by atoms with van der Waals surface area (Å²) in [5.74, 6) is -0.255. The smallest absolute Gasteiger partial charge is 0.370 e. The van der Waals surface area contributed by atoms with Crippen LogP contribution in [0.15, 0.2) is 56.5 Å². The lowest BCUT2D eigenvalue weighted by atomic mass is 9.98. The van der Waals surface area contributed by atoms with E-state index in [0.717, 1.165) is 0 Å². The first-order valence-corrected chi connectivity index (χ1v) is 13.4. The number of fused-ring (bicyclic) bond motifs is 1. The van der Waals surface area contributed by atoms with Crippen LogP contribution in [0.25, 0.3) is 22.5 Å². The summed E-state index contributed by atoms with van der Waals surface area (Å²) in [5.41, 5.74) is 11.4. The lowest BCUT2D eigenvalue weighted by Crippen LogP contribution is -2.65. The highest BCUT2D eigenvalue weighted by molar-refractivity contribution is 6.20. The van der Waals surface area contributed by atoms with Gasteiger partial charge in [0.1, 0.15) is 0 Å². The number of guanidine groups is 1. The largest absolute Gasteiger partial charge is 0.493 e. The second-order valence-electron chi connectivity index (χ2n) is 9.40. The monoisotopic (exact) mass is 626 g/mol. The van der Waals surface area contributed by atoms with Gasteiger partial charge in [-0.25, -0.2) is 19.9 Å². The topological polar surface area (TPSA) is 228 Å². The van der Waals surface area contributed by atoms with Gasteiger partial charge >= 0.3 is 5.97 Å². The zero-order chi connectivity index (χ0) is 32.7. The number of quaternary nitrogens is 1. The quantitative estimate of drug-likeness (QED) is 0.0267. The van der Waals surface area contributed by atoms with Crippen LogP contribution < -0.4 is 40.6 Å². The average molecular weight is 627 g/mol. The van der Waals surface area contributed by atoms with Crippen molar-refractivity contribution < 1.29 is 52.9 Å². The summed E-state index contributed by atoms with van der Waals surface area (Å²) in [6.07, 6.45) is 1.99. The molecule has 2 heterocycles. The van der Waals surface area contributed by atoms with Crippen LogP contribution in [0.3, 0.4) is 0 Å². The molecule has 0 aliphatic carbocycles. The van der Waals surface area contributed by atoms with E-state index >= 15 is 0 Å². The van der Waals surface area contributed by atoms with Crippen LogP contribution in [0.5, 0.6) is 28.7 Å². The Morgan fingerprint density at radius 3 is 2.31 bits per heavy atom. The Hall–Kier alpha value is -5.77. The van der Waals surface area contributed by atoms with Gasteiger partial charge in [-0.15, -0.1) is 0 Å². The fraction of sp³-hybridized carbons (Fsp3) is 0.276. The summed E-state index contributed by atoms with van der Waals surface area (Å²) >= 11 is 0. The fourth-order valence-electron chi connectivity index (χ4n) is 4.51. The van der Waals surface area contributed by atoms with E-state index in [1.54, 1.807) is 23.6 Å². The highest BCUT2D eigenvalue weighted by atomic mass is 16.7. The van der Waals surface area contributed by atoms with E-state index in [-0.39, 0.29) is 70.2 Å². The number of carbonyl (C=O) groups is 2. The second-order valence-corrected chi connectivity index (χ2v) is 9.40. The number of nitrogens with two attached hydrogens (primary N) is 1. The highest BCUT2D eigenvalue weighted by Crippen LogP contribution is 2.45. The third-order valence-electron chi connectivity index (χ3n) is 6.63. The van der Waals surface area contributed by atoms with Crippen LogP contribution in [-0.4, -0.2) is 63.8 Å². The molecule has 238 valence electrons. The van der Waals surface area contributed by atoms with E-state index in [4.69, 9.17) is 38.3 Å². The number of nitrogens with one attached hydrogen (secondary N) is 1. The number of nitrogens with zero attached hydrogens (tertiary/aromatic N) is 2. The molecule has 4 aromatic rings. The Kier molecular flexibility index (Phi) is 10.1. The number of ether oxygens (including phenoxy) is 5. The van der Waals surface area contributed by atoms with Crippen LogP contribution in [0.1, 0.15) is 28.8 Å². The standard InChI is InChI=1S/C29H31N5O11/c1-39-18-10-9-16-22(23(35)15-13-20(40-2)25(42-4)21(14-15)41-3)26(19-8-6-12-43-19)44-24(16)27(18)45-28(36)17(30)7-5-11-32-29(31)33-34(37)38/h6,8-10,12-14,17H,5,7,11,30H2,1-4H3,(H3,31,32,33)/p+1. The first kappa shape index (κ1) is 32.2. The molecule has 0 saturated carbocycles. The number of benzene rings is 2. The predicted octanol–water partition coefficient (Wildman–Crippen LogP) is 2.35. The van der Waals surface area contributed by atoms with Gasteiger partial charge in [0, 0.05) is 23.9 Å². The number of nitro groups is 1. The maximum Gasteiger partial charge on any atom is 0.370 e. The molecule has 2 aromatic heterocycles. The average Bonchev–Trinajstić information content (AvgIpc) is 3.70. The molecule has 0 saturated heterocycles. The van der Waals surface area contributed by atoms with Gasteiger partial charge in [-0.1, -0.05) is 5.43 Å². The molecule has 4 rings (SSSR count). The molecule has 1 unspecified atom stereocenters. The van der Waals surface area contributed by atoms with E-state index < -0.39 is 22.8 Å². The number of esters is 1. The Balaban J connectivity index is 1.73. The fourth-order valence-corrected chi connectivity index (χ4v) is 4.51. The van der Waals surface area contributed by atoms with E-state index in [2.05, 4.69) is 10.7 Å². The number of furan rings is 2. The van der Waals surface area contributed by atoms with Crippen molar-refractivity contribution >= 4 is 28.7 Å². The van der Waals surface area contributed by atoms with Crippen molar-refractivity contribution in [3.05, 3.63) is 63.9 Å². The number of methoxy groups -OCH3 is 4. The van der Waals surface area contributed by atoms with Gasteiger partial charge in [0.15, 0.2) is 51.2 Å². The van der Waals surface area contributed by atoms with Crippen LogP contribution in [0.2, 0.25) is 0 Å². The number of hydrazine groups is 1. The molecule has 2 aromatic carbocycles. The highest BCUT2D eigenvalue weighted by Gasteiger charge is 2.31. The van der Waals surface area contributed by atoms with Crippen molar-refractivity contribution in [3.8, 4) is 40.3 Å².